The molecule has 7 heteroatoms. The summed E-state index contributed by atoms with van der Waals surface area (Å²) in [5.74, 6) is 0.332. The summed E-state index contributed by atoms with van der Waals surface area (Å²) in [6.45, 7) is 0. The van der Waals surface area contributed by atoms with Gasteiger partial charge >= 0.3 is 0 Å². The predicted molar refractivity (Wildman–Crippen MR) is 94.8 cm³/mol. The Morgan fingerprint density at radius 2 is 2.08 bits per heavy atom. The fourth-order valence-electron chi connectivity index (χ4n) is 2.78. The summed E-state index contributed by atoms with van der Waals surface area (Å²) in [5, 5.41) is 0. The van der Waals surface area contributed by atoms with Crippen molar-refractivity contribution in [1.29, 1.82) is 0 Å². The van der Waals surface area contributed by atoms with E-state index in [4.69, 9.17) is 10.2 Å². The van der Waals surface area contributed by atoms with Crippen molar-refractivity contribution in [3.8, 4) is 11.3 Å². The summed E-state index contributed by atoms with van der Waals surface area (Å²) in [7, 11) is 0. The second-order valence-electron chi connectivity index (χ2n) is 6.16. The first-order valence-electron chi connectivity index (χ1n) is 8.62. The normalized spacial score (nSPS) is 12.2. The Kier molecular flexibility index (Phi) is 5.91. The highest BCUT2D eigenvalue weighted by Crippen LogP contribution is 2.23. The topological polar surface area (TPSA) is 97.8 Å². The molecule has 0 spiro atoms. The molecule has 0 fully saturated rings. The number of nitrogens with one attached hydrogen (secondary N) is 1. The maximum absolute atomic E-state index is 13.8. The van der Waals surface area contributed by atoms with Crippen LogP contribution in [0.15, 0.2) is 47.5 Å². The van der Waals surface area contributed by atoms with Crippen molar-refractivity contribution in [2.75, 3.05) is 0 Å². The molecular formula is C19H21FN4O2. The van der Waals surface area contributed by atoms with E-state index in [0.29, 0.717) is 29.2 Å². The van der Waals surface area contributed by atoms with E-state index >= 15 is 0 Å². The number of hydrogen-bond donors (Lipinski definition) is 2. The number of imidazole rings is 1. The number of Topliss-reactive ketones (excluding diaryl/α,β-unsaturated/α-hetero) is 1. The SMILES string of the molecule is NC(CCCCCC(=O)c1cocn1)c1ncc(-c2ccccc2F)[nH]1. The summed E-state index contributed by atoms with van der Waals surface area (Å²) < 4.78 is 18.6. The number of hydrogen-bond acceptors (Lipinski definition) is 5. The second-order valence-corrected chi connectivity index (χ2v) is 6.16. The Balaban J connectivity index is 1.43. The smallest absolute Gasteiger partial charge is 0.184 e. The molecule has 0 bridgehead atoms. The van der Waals surface area contributed by atoms with Crippen LogP contribution in [0.5, 0.6) is 0 Å². The predicted octanol–water partition coefficient (Wildman–Crippen LogP) is 4.04. The number of rotatable bonds is 9. The zero-order valence-electron chi connectivity index (χ0n) is 14.3. The van der Waals surface area contributed by atoms with E-state index in [0.717, 1.165) is 25.7 Å². The van der Waals surface area contributed by atoms with Crippen molar-refractivity contribution in [3.05, 3.63) is 60.5 Å². The Morgan fingerprint density at radius 3 is 2.85 bits per heavy atom. The van der Waals surface area contributed by atoms with Gasteiger partial charge in [0.25, 0.3) is 0 Å². The van der Waals surface area contributed by atoms with Gasteiger partial charge in [-0.05, 0) is 25.0 Å². The number of benzene rings is 1. The quantitative estimate of drug-likeness (QED) is 0.445. The van der Waals surface area contributed by atoms with Gasteiger partial charge in [0.15, 0.2) is 12.2 Å². The summed E-state index contributed by atoms with van der Waals surface area (Å²) in [5.41, 5.74) is 7.63. The first-order chi connectivity index (χ1) is 12.6. The Bertz CT molecular complexity index is 845. The molecule has 0 aliphatic carbocycles. The molecule has 1 atom stereocenters. The number of nitrogens with zero attached hydrogens (tertiary/aromatic N) is 2. The highest BCUT2D eigenvalue weighted by atomic mass is 19.1. The monoisotopic (exact) mass is 356 g/mol. The van der Waals surface area contributed by atoms with Crippen LogP contribution >= 0.6 is 0 Å². The molecule has 2 heterocycles. The molecular weight excluding hydrogens is 335 g/mol. The van der Waals surface area contributed by atoms with Gasteiger partial charge in [-0.15, -0.1) is 0 Å². The Morgan fingerprint density at radius 1 is 1.23 bits per heavy atom. The van der Waals surface area contributed by atoms with Crippen LogP contribution < -0.4 is 5.73 Å². The third-order valence-electron chi connectivity index (χ3n) is 4.25. The van der Waals surface area contributed by atoms with Crippen LogP contribution in [0.4, 0.5) is 4.39 Å². The number of nitrogens with two attached hydrogens (primary N) is 1. The van der Waals surface area contributed by atoms with Crippen LogP contribution in [0.25, 0.3) is 11.3 Å². The van der Waals surface area contributed by atoms with Crippen molar-refractivity contribution in [2.45, 2.75) is 38.1 Å². The molecule has 0 amide bonds. The second kappa shape index (κ2) is 8.53. The summed E-state index contributed by atoms with van der Waals surface area (Å²) in [6, 6.07) is 6.29. The summed E-state index contributed by atoms with van der Waals surface area (Å²) >= 11 is 0. The van der Waals surface area contributed by atoms with Gasteiger partial charge in [-0.2, -0.15) is 0 Å². The average Bonchev–Trinajstić information content (AvgIpc) is 3.33. The number of carbonyl (C=O) groups excluding carboxylic acids is 1. The van der Waals surface area contributed by atoms with Crippen LogP contribution in [0.3, 0.4) is 0 Å². The van der Waals surface area contributed by atoms with E-state index in [-0.39, 0.29) is 17.6 Å². The van der Waals surface area contributed by atoms with Gasteiger partial charge in [-0.3, -0.25) is 4.79 Å². The standard InChI is InChI=1S/C19H21FN4O2/c20-14-7-5-4-6-13(14)16-10-22-19(24-16)15(21)8-2-1-3-9-18(25)17-11-26-12-23-17/h4-7,10-12,15H,1-3,8-9,21H2,(H,22,24). The molecule has 2 aromatic heterocycles. The van der Waals surface area contributed by atoms with Crippen LogP contribution in [-0.4, -0.2) is 20.7 Å². The molecule has 0 aliphatic heterocycles. The van der Waals surface area contributed by atoms with Gasteiger partial charge in [0.1, 0.15) is 23.6 Å². The van der Waals surface area contributed by atoms with Crippen LogP contribution in [0.1, 0.15) is 54.5 Å². The molecule has 1 unspecified atom stereocenters. The number of carbonyl (C=O) groups is 1. The minimum atomic E-state index is -0.298. The zero-order chi connectivity index (χ0) is 18.4. The molecule has 0 aliphatic rings. The number of aromatic nitrogens is 3. The minimum Gasteiger partial charge on any atom is -0.451 e. The van der Waals surface area contributed by atoms with Crippen LogP contribution in [0.2, 0.25) is 0 Å². The molecule has 6 nitrogen and oxygen atoms in total. The average molecular weight is 356 g/mol. The van der Waals surface area contributed by atoms with E-state index in [1.165, 1.54) is 18.7 Å². The molecule has 1 aromatic carbocycles. The molecule has 3 aromatic rings. The van der Waals surface area contributed by atoms with Gasteiger partial charge in [0.05, 0.1) is 17.9 Å². The Hall–Kier alpha value is -2.80. The number of halogens is 1. The highest BCUT2D eigenvalue weighted by Gasteiger charge is 2.13. The number of oxazole rings is 1. The Labute approximate surface area is 150 Å². The fourth-order valence-corrected chi connectivity index (χ4v) is 2.78. The van der Waals surface area contributed by atoms with Crippen molar-refractivity contribution in [1.82, 2.24) is 15.0 Å². The maximum Gasteiger partial charge on any atom is 0.184 e. The lowest BCUT2D eigenvalue weighted by molar-refractivity contribution is 0.0974. The van der Waals surface area contributed by atoms with Gasteiger partial charge in [0.2, 0.25) is 0 Å². The number of ketones is 1. The first kappa shape index (κ1) is 18.0. The van der Waals surface area contributed by atoms with E-state index < -0.39 is 0 Å². The molecule has 0 saturated heterocycles. The minimum absolute atomic E-state index is 0.0105. The van der Waals surface area contributed by atoms with Crippen molar-refractivity contribution in [2.24, 2.45) is 5.73 Å². The number of H-pyrrole nitrogens is 1. The van der Waals surface area contributed by atoms with E-state index in [1.807, 2.05) is 0 Å². The maximum atomic E-state index is 13.8. The summed E-state index contributed by atoms with van der Waals surface area (Å²) in [6.07, 6.45) is 7.94. The molecule has 26 heavy (non-hydrogen) atoms. The summed E-state index contributed by atoms with van der Waals surface area (Å²) in [4.78, 5) is 23.0. The third-order valence-corrected chi connectivity index (χ3v) is 4.25. The van der Waals surface area contributed by atoms with E-state index in [2.05, 4.69) is 15.0 Å². The molecule has 0 radical (unpaired) electrons. The van der Waals surface area contributed by atoms with Crippen molar-refractivity contribution < 1.29 is 13.6 Å². The molecule has 0 saturated carbocycles. The van der Waals surface area contributed by atoms with E-state index in [1.54, 1.807) is 24.4 Å². The third kappa shape index (κ3) is 4.43. The van der Waals surface area contributed by atoms with Gasteiger partial charge in [0, 0.05) is 12.0 Å². The van der Waals surface area contributed by atoms with Gasteiger partial charge < -0.3 is 15.1 Å². The van der Waals surface area contributed by atoms with Crippen molar-refractivity contribution in [3.63, 3.8) is 0 Å². The first-order valence-corrected chi connectivity index (χ1v) is 8.62. The zero-order valence-corrected chi connectivity index (χ0v) is 14.3. The largest absolute Gasteiger partial charge is 0.451 e. The lowest BCUT2D eigenvalue weighted by Gasteiger charge is -2.08. The molecule has 3 rings (SSSR count). The van der Waals surface area contributed by atoms with E-state index in [9.17, 15) is 9.18 Å². The lowest BCUT2D eigenvalue weighted by atomic mass is 10.1. The number of aromatic amines is 1. The van der Waals surface area contributed by atoms with Crippen LogP contribution in [0, 0.1) is 5.82 Å². The molecule has 136 valence electrons. The lowest BCUT2D eigenvalue weighted by Crippen LogP contribution is -2.12. The highest BCUT2D eigenvalue weighted by molar-refractivity contribution is 5.93. The number of unbranched alkanes of at least 4 members (excludes halogenated alkanes) is 2. The van der Waals surface area contributed by atoms with Gasteiger partial charge in [-0.25, -0.2) is 14.4 Å². The fraction of sp³-hybridized carbons (Fsp3) is 0.316. The molecule has 3 N–H and O–H groups in total. The van der Waals surface area contributed by atoms with Crippen molar-refractivity contribution >= 4 is 5.78 Å². The van der Waals surface area contributed by atoms with Crippen LogP contribution in [-0.2, 0) is 0 Å². The van der Waals surface area contributed by atoms with Gasteiger partial charge in [-0.1, -0.05) is 25.0 Å².